The number of nitrogens with zero attached hydrogens (tertiary/aromatic N) is 3. The Labute approximate surface area is 220 Å². The molecule has 0 aliphatic carbocycles. The van der Waals surface area contributed by atoms with Crippen LogP contribution in [0.4, 0.5) is 5.69 Å². The summed E-state index contributed by atoms with van der Waals surface area (Å²) in [7, 11) is 0. The molecule has 0 radical (unpaired) electrons. The monoisotopic (exact) mass is 558 g/mol. The quantitative estimate of drug-likeness (QED) is 0.242. The zero-order valence-electron chi connectivity index (χ0n) is 19.6. The molecular weight excluding hydrogens is 536 g/mol. The predicted octanol–water partition coefficient (Wildman–Crippen LogP) is 6.68. The first-order valence-corrected chi connectivity index (χ1v) is 13.2. The van der Waals surface area contributed by atoms with Crippen molar-refractivity contribution in [2.45, 2.75) is 26.3 Å². The molecular formula is C28H23BrN4O2S. The standard InChI is InChI=1S/C28H23BrN4O2S/c1-18-4-13-24-25(17-18)36-28(31-24)20-7-11-22(12-8-20)30-26(34)3-2-16-33-27(35)15-14-23(32-33)19-5-9-21(29)10-6-19/h4-15,17H,2-3,16H2,1H3,(H,30,34). The van der Waals surface area contributed by atoms with E-state index in [-0.39, 0.29) is 17.9 Å². The van der Waals surface area contributed by atoms with Gasteiger partial charge in [0.2, 0.25) is 5.91 Å². The van der Waals surface area contributed by atoms with Crippen LogP contribution < -0.4 is 10.9 Å². The molecule has 36 heavy (non-hydrogen) atoms. The van der Waals surface area contributed by atoms with Crippen molar-refractivity contribution in [2.75, 3.05) is 5.32 Å². The van der Waals surface area contributed by atoms with E-state index in [1.807, 2.05) is 54.6 Å². The Morgan fingerprint density at radius 2 is 1.72 bits per heavy atom. The van der Waals surface area contributed by atoms with Gasteiger partial charge in [0.25, 0.3) is 5.56 Å². The number of halogens is 1. The number of fused-ring (bicyclic) bond motifs is 1. The minimum atomic E-state index is -0.183. The first-order chi connectivity index (χ1) is 17.4. The van der Waals surface area contributed by atoms with E-state index in [4.69, 9.17) is 4.98 Å². The lowest BCUT2D eigenvalue weighted by atomic mass is 10.1. The summed E-state index contributed by atoms with van der Waals surface area (Å²) in [5, 5.41) is 8.35. The lowest BCUT2D eigenvalue weighted by Crippen LogP contribution is -2.23. The van der Waals surface area contributed by atoms with Crippen LogP contribution in [-0.2, 0) is 11.3 Å². The molecule has 6 nitrogen and oxygen atoms in total. The number of thiazole rings is 1. The molecule has 0 spiro atoms. The average Bonchev–Trinajstić information content (AvgIpc) is 3.29. The molecule has 2 heterocycles. The van der Waals surface area contributed by atoms with Gasteiger partial charge in [-0.05, 0) is 73.5 Å². The molecule has 1 amide bonds. The van der Waals surface area contributed by atoms with Crippen molar-refractivity contribution in [3.8, 4) is 21.8 Å². The highest BCUT2D eigenvalue weighted by Gasteiger charge is 2.09. The molecule has 0 bridgehead atoms. The molecule has 0 aliphatic rings. The summed E-state index contributed by atoms with van der Waals surface area (Å²) in [5.41, 5.74) is 5.42. The largest absolute Gasteiger partial charge is 0.326 e. The normalized spacial score (nSPS) is 11.1. The Bertz CT molecular complexity index is 1590. The number of hydrogen-bond acceptors (Lipinski definition) is 5. The van der Waals surface area contributed by atoms with Gasteiger partial charge in [0.15, 0.2) is 0 Å². The predicted molar refractivity (Wildman–Crippen MR) is 149 cm³/mol. The molecule has 1 N–H and O–H groups in total. The number of carbonyl (C=O) groups excluding carboxylic acids is 1. The smallest absolute Gasteiger partial charge is 0.266 e. The molecule has 8 heteroatoms. The highest BCUT2D eigenvalue weighted by molar-refractivity contribution is 9.10. The summed E-state index contributed by atoms with van der Waals surface area (Å²) < 4.78 is 3.56. The molecule has 5 aromatic rings. The fraction of sp³-hybridized carbons (Fsp3) is 0.143. The van der Waals surface area contributed by atoms with E-state index in [0.29, 0.717) is 13.0 Å². The van der Waals surface area contributed by atoms with Crippen molar-refractivity contribution in [3.63, 3.8) is 0 Å². The lowest BCUT2D eigenvalue weighted by Gasteiger charge is -2.08. The molecule has 0 saturated heterocycles. The van der Waals surface area contributed by atoms with Crippen molar-refractivity contribution in [3.05, 3.63) is 99.3 Å². The van der Waals surface area contributed by atoms with Gasteiger partial charge in [-0.15, -0.1) is 11.3 Å². The Kier molecular flexibility index (Phi) is 7.06. The second-order valence-electron chi connectivity index (χ2n) is 8.51. The van der Waals surface area contributed by atoms with E-state index < -0.39 is 0 Å². The average molecular weight is 559 g/mol. The number of benzene rings is 3. The number of aromatic nitrogens is 3. The number of rotatable bonds is 7. The van der Waals surface area contributed by atoms with Gasteiger partial charge in [0, 0.05) is 40.3 Å². The molecule has 5 rings (SSSR count). The second kappa shape index (κ2) is 10.6. The Balaban J connectivity index is 1.17. The third kappa shape index (κ3) is 5.61. The summed E-state index contributed by atoms with van der Waals surface area (Å²) in [5.74, 6) is -0.102. The highest BCUT2D eigenvalue weighted by atomic mass is 79.9. The van der Waals surface area contributed by atoms with E-state index >= 15 is 0 Å². The second-order valence-corrected chi connectivity index (χ2v) is 10.5. The maximum absolute atomic E-state index is 12.5. The number of hydrogen-bond donors (Lipinski definition) is 1. The summed E-state index contributed by atoms with van der Waals surface area (Å²) in [6.07, 6.45) is 0.793. The van der Waals surface area contributed by atoms with Crippen molar-refractivity contribution >= 4 is 49.1 Å². The Morgan fingerprint density at radius 1 is 0.972 bits per heavy atom. The maximum Gasteiger partial charge on any atom is 0.266 e. The number of anilines is 1. The first-order valence-electron chi connectivity index (χ1n) is 11.6. The third-order valence-electron chi connectivity index (χ3n) is 5.74. The molecule has 0 atom stereocenters. The minimum absolute atomic E-state index is 0.102. The van der Waals surface area contributed by atoms with E-state index in [2.05, 4.69) is 45.4 Å². The van der Waals surface area contributed by atoms with Crippen molar-refractivity contribution < 1.29 is 4.79 Å². The molecule has 0 fully saturated rings. The van der Waals surface area contributed by atoms with E-state index in [9.17, 15) is 9.59 Å². The van der Waals surface area contributed by atoms with Crippen LogP contribution in [-0.4, -0.2) is 20.7 Å². The van der Waals surface area contributed by atoms with Gasteiger partial charge < -0.3 is 5.32 Å². The van der Waals surface area contributed by atoms with Crippen LogP contribution in [0.5, 0.6) is 0 Å². The molecule has 0 aliphatic heterocycles. The summed E-state index contributed by atoms with van der Waals surface area (Å²) >= 11 is 5.08. The number of carbonyl (C=O) groups is 1. The summed E-state index contributed by atoms with van der Waals surface area (Å²) in [6, 6.07) is 24.9. The SMILES string of the molecule is Cc1ccc2nc(-c3ccc(NC(=O)CCCn4nc(-c5ccc(Br)cc5)ccc4=O)cc3)sc2c1. The fourth-order valence-corrected chi connectivity index (χ4v) is 5.18. The third-order valence-corrected chi connectivity index (χ3v) is 7.34. The number of aryl methyl sites for hydroxylation is 2. The van der Waals surface area contributed by atoms with Crippen molar-refractivity contribution in [1.29, 1.82) is 0 Å². The molecule has 0 saturated carbocycles. The van der Waals surface area contributed by atoms with E-state index in [0.717, 1.165) is 37.5 Å². The fourth-order valence-electron chi connectivity index (χ4n) is 3.85. The van der Waals surface area contributed by atoms with Crippen LogP contribution in [0.3, 0.4) is 0 Å². The van der Waals surface area contributed by atoms with Gasteiger partial charge in [0.05, 0.1) is 15.9 Å². The van der Waals surface area contributed by atoms with E-state index in [1.165, 1.54) is 21.0 Å². The van der Waals surface area contributed by atoms with Crippen LogP contribution in [0.1, 0.15) is 18.4 Å². The summed E-state index contributed by atoms with van der Waals surface area (Å²) in [6.45, 7) is 2.44. The minimum Gasteiger partial charge on any atom is -0.326 e. The van der Waals surface area contributed by atoms with Crippen LogP contribution in [0.25, 0.3) is 32.0 Å². The van der Waals surface area contributed by atoms with Gasteiger partial charge in [-0.3, -0.25) is 9.59 Å². The van der Waals surface area contributed by atoms with Gasteiger partial charge in [-0.1, -0.05) is 34.1 Å². The lowest BCUT2D eigenvalue weighted by molar-refractivity contribution is -0.116. The molecule has 2 aromatic heterocycles. The zero-order valence-corrected chi connectivity index (χ0v) is 22.0. The van der Waals surface area contributed by atoms with Gasteiger partial charge in [-0.25, -0.2) is 9.67 Å². The Hall–Kier alpha value is -3.62. The summed E-state index contributed by atoms with van der Waals surface area (Å²) in [4.78, 5) is 29.4. The number of nitrogens with one attached hydrogen (secondary N) is 1. The molecule has 3 aromatic carbocycles. The van der Waals surface area contributed by atoms with Crippen LogP contribution in [0, 0.1) is 6.92 Å². The maximum atomic E-state index is 12.5. The first kappa shape index (κ1) is 24.1. The Morgan fingerprint density at radius 3 is 2.50 bits per heavy atom. The highest BCUT2D eigenvalue weighted by Crippen LogP contribution is 2.31. The van der Waals surface area contributed by atoms with Gasteiger partial charge in [0.1, 0.15) is 5.01 Å². The van der Waals surface area contributed by atoms with Crippen LogP contribution in [0.2, 0.25) is 0 Å². The van der Waals surface area contributed by atoms with Crippen LogP contribution in [0.15, 0.2) is 88.1 Å². The molecule has 0 unspecified atom stereocenters. The zero-order chi connectivity index (χ0) is 25.1. The van der Waals surface area contributed by atoms with E-state index in [1.54, 1.807) is 17.4 Å². The number of amides is 1. The molecule has 180 valence electrons. The van der Waals surface area contributed by atoms with Crippen molar-refractivity contribution in [1.82, 2.24) is 14.8 Å². The van der Waals surface area contributed by atoms with Gasteiger partial charge in [-0.2, -0.15) is 5.10 Å². The van der Waals surface area contributed by atoms with Crippen molar-refractivity contribution in [2.24, 2.45) is 0 Å². The topological polar surface area (TPSA) is 76.9 Å². The van der Waals surface area contributed by atoms with Gasteiger partial charge >= 0.3 is 0 Å². The van der Waals surface area contributed by atoms with Crippen LogP contribution >= 0.6 is 27.3 Å².